The van der Waals surface area contributed by atoms with E-state index in [1.165, 1.54) is 12.1 Å². The Morgan fingerprint density at radius 3 is 1.31 bits per heavy atom. The Kier molecular flexibility index (Phi) is 22.8. The van der Waals surface area contributed by atoms with Crippen molar-refractivity contribution in [3.63, 3.8) is 0 Å². The van der Waals surface area contributed by atoms with E-state index in [0.717, 1.165) is 4.73 Å². The molecule has 54 heavy (non-hydrogen) atoms. The van der Waals surface area contributed by atoms with Crippen LogP contribution < -0.4 is 26.9 Å². The van der Waals surface area contributed by atoms with Crippen molar-refractivity contribution >= 4 is 40.6 Å². The van der Waals surface area contributed by atoms with E-state index in [1.807, 2.05) is 0 Å². The number of thiocarbonyl (C=S) groups is 1. The molecule has 0 aliphatic heterocycles. The molecule has 1 heterocycles. The zero-order valence-corrected chi connectivity index (χ0v) is 30.3. The van der Waals surface area contributed by atoms with E-state index < -0.39 is 35.1 Å². The van der Waals surface area contributed by atoms with Crippen LogP contribution in [0.2, 0.25) is 0 Å². The zero-order chi connectivity index (χ0) is 39.7. The van der Waals surface area contributed by atoms with Gasteiger partial charge in [-0.1, -0.05) is 0 Å². The van der Waals surface area contributed by atoms with Crippen LogP contribution in [0.15, 0.2) is 30.3 Å². The first-order valence-corrected chi connectivity index (χ1v) is 17.1. The number of hydrogen-bond donors (Lipinski definition) is 4. The summed E-state index contributed by atoms with van der Waals surface area (Å²) in [6, 6.07) is 4.17. The molecular formula is C32H47F6N5O10S. The first-order chi connectivity index (χ1) is 25.8. The molecular weight excluding hydrogens is 760 g/mol. The molecule has 0 aliphatic rings. The smallest absolute Gasteiger partial charge is 0.382 e. The quantitative estimate of drug-likeness (QED) is 0.0535. The van der Waals surface area contributed by atoms with Gasteiger partial charge in [0.2, 0.25) is 0 Å². The first kappa shape index (κ1) is 46.7. The van der Waals surface area contributed by atoms with Crippen LogP contribution >= 0.6 is 12.2 Å². The van der Waals surface area contributed by atoms with E-state index in [4.69, 9.17) is 66.4 Å². The lowest BCUT2D eigenvalue weighted by Crippen LogP contribution is -2.31. The monoisotopic (exact) mass is 807 g/mol. The van der Waals surface area contributed by atoms with Crippen LogP contribution in [0.25, 0.3) is 0 Å². The lowest BCUT2D eigenvalue weighted by molar-refractivity contribution is -0.145. The Morgan fingerprint density at radius 1 is 0.593 bits per heavy atom. The zero-order valence-electron chi connectivity index (χ0n) is 29.5. The van der Waals surface area contributed by atoms with Gasteiger partial charge in [-0.25, -0.2) is 4.79 Å². The molecule has 0 saturated carbocycles. The molecule has 0 spiro atoms. The molecule has 2 rings (SSSR count). The lowest BCUT2D eigenvalue weighted by Gasteiger charge is -2.16. The van der Waals surface area contributed by atoms with Crippen LogP contribution in [-0.4, -0.2) is 128 Å². The summed E-state index contributed by atoms with van der Waals surface area (Å²) in [5.74, 6) is -0.0831. The number of anilines is 3. The number of nitrogen functional groups attached to an aromatic ring is 2. The maximum Gasteiger partial charge on any atom is 0.416 e. The number of carbonyl (C=O) groups is 1. The van der Waals surface area contributed by atoms with E-state index in [2.05, 4.69) is 10.6 Å². The van der Waals surface area contributed by atoms with E-state index in [-0.39, 0.29) is 62.2 Å². The largest absolute Gasteiger partial charge is 0.416 e. The van der Waals surface area contributed by atoms with Gasteiger partial charge in [0.25, 0.3) is 0 Å². The molecule has 0 atom stereocenters. The molecule has 15 nitrogen and oxygen atoms in total. The summed E-state index contributed by atoms with van der Waals surface area (Å²) in [5, 5.41) is 4.82. The van der Waals surface area contributed by atoms with Crippen LogP contribution in [0.5, 0.6) is 0 Å². The Labute approximate surface area is 313 Å². The number of aromatic nitrogens is 1. The van der Waals surface area contributed by atoms with Crippen molar-refractivity contribution in [1.82, 2.24) is 10.0 Å². The Balaban J connectivity index is 1.28. The minimum absolute atomic E-state index is 0.0337. The van der Waals surface area contributed by atoms with Crippen LogP contribution in [0.4, 0.5) is 43.7 Å². The van der Waals surface area contributed by atoms with Crippen molar-refractivity contribution < 1.29 is 73.9 Å². The summed E-state index contributed by atoms with van der Waals surface area (Å²) >= 11 is 4.95. The average Bonchev–Trinajstić information content (AvgIpc) is 3.42. The summed E-state index contributed by atoms with van der Waals surface area (Å²) in [7, 11) is 0. The van der Waals surface area contributed by atoms with Crippen LogP contribution in [0.3, 0.4) is 0 Å². The van der Waals surface area contributed by atoms with Gasteiger partial charge in [0.05, 0.1) is 123 Å². The summed E-state index contributed by atoms with van der Waals surface area (Å²) in [6.07, 6.45) is -9.89. The fourth-order valence-electron chi connectivity index (χ4n) is 3.94. The van der Waals surface area contributed by atoms with Gasteiger partial charge >= 0.3 is 18.3 Å². The molecule has 0 unspecified atom stereocenters. The van der Waals surface area contributed by atoms with Crippen LogP contribution in [0, 0.1) is 0 Å². The number of ether oxygens (including phenoxy) is 8. The number of alkyl halides is 6. The van der Waals surface area contributed by atoms with E-state index in [0.29, 0.717) is 91.4 Å². The third-order valence-corrected chi connectivity index (χ3v) is 6.77. The second-order valence-electron chi connectivity index (χ2n) is 10.8. The molecule has 22 heteroatoms. The topological polar surface area (TPSA) is 181 Å². The van der Waals surface area contributed by atoms with Crippen LogP contribution in [-0.2, 0) is 55.0 Å². The predicted octanol–water partition coefficient (Wildman–Crippen LogP) is 3.15. The van der Waals surface area contributed by atoms with Crippen molar-refractivity contribution in [1.29, 1.82) is 0 Å². The van der Waals surface area contributed by atoms with Gasteiger partial charge in [-0.15, -0.1) is 4.73 Å². The van der Waals surface area contributed by atoms with Crippen molar-refractivity contribution in [2.45, 2.75) is 18.8 Å². The third-order valence-electron chi connectivity index (χ3n) is 6.52. The normalized spacial score (nSPS) is 11.9. The molecule has 2 aromatic rings. The molecule has 0 amide bonds. The Morgan fingerprint density at radius 2 is 0.944 bits per heavy atom. The van der Waals surface area contributed by atoms with Gasteiger partial charge in [0.15, 0.2) is 5.11 Å². The summed E-state index contributed by atoms with van der Waals surface area (Å²) < 4.78 is 122. The Hall–Kier alpha value is -3.48. The Bertz CT molecular complexity index is 1300. The van der Waals surface area contributed by atoms with Crippen molar-refractivity contribution in [2.75, 3.05) is 129 Å². The molecule has 0 bridgehead atoms. The highest BCUT2D eigenvalue weighted by atomic mass is 32.1. The predicted molar refractivity (Wildman–Crippen MR) is 187 cm³/mol. The van der Waals surface area contributed by atoms with Crippen LogP contribution in [0.1, 0.15) is 17.5 Å². The fraction of sp³-hybridized carbons (Fsp3) is 0.625. The number of nitrogens with zero attached hydrogens (tertiary/aromatic N) is 1. The average molecular weight is 808 g/mol. The summed E-state index contributed by atoms with van der Waals surface area (Å²) in [6.45, 7) is 5.46. The molecule has 6 N–H and O–H groups in total. The van der Waals surface area contributed by atoms with Gasteiger partial charge in [-0.2, -0.15) is 26.3 Å². The maximum atomic E-state index is 13.0. The van der Waals surface area contributed by atoms with E-state index >= 15 is 0 Å². The summed E-state index contributed by atoms with van der Waals surface area (Å²) in [4.78, 5) is 16.8. The van der Waals surface area contributed by atoms with Gasteiger partial charge < -0.3 is 64.8 Å². The third kappa shape index (κ3) is 21.4. The molecule has 0 fully saturated rings. The number of halogens is 6. The number of nitrogens with two attached hydrogens (primary N) is 2. The first-order valence-electron chi connectivity index (χ1n) is 16.7. The highest BCUT2D eigenvalue weighted by Gasteiger charge is 2.37. The molecule has 1 aromatic heterocycles. The highest BCUT2D eigenvalue weighted by Crippen LogP contribution is 2.37. The molecule has 308 valence electrons. The van der Waals surface area contributed by atoms with E-state index in [9.17, 15) is 31.1 Å². The van der Waals surface area contributed by atoms with Gasteiger partial charge in [-0.05, 0) is 42.5 Å². The maximum absolute atomic E-state index is 13.0. The number of rotatable bonds is 29. The molecule has 0 radical (unpaired) electrons. The standard InChI is InChI=1S/C32H47F6N5O10S/c33-31(34,35)24-21-25(32(36,37)38)23-26(22-24)42-30(54)41-4-6-46-8-10-48-12-14-50-16-18-52-20-19-51-17-15-49-13-11-47-9-7-45-5-3-29(44)53-43-27(39)1-2-28(43)40/h1-2,21-23H,3-20,39-40H2,(H2,41,42,54). The van der Waals surface area contributed by atoms with Gasteiger partial charge in [-0.3, -0.25) is 0 Å². The second kappa shape index (κ2) is 26.3. The molecule has 0 aliphatic carbocycles. The minimum Gasteiger partial charge on any atom is -0.382 e. The van der Waals surface area contributed by atoms with Gasteiger partial charge in [0.1, 0.15) is 11.6 Å². The minimum atomic E-state index is -4.96. The fourth-order valence-corrected chi connectivity index (χ4v) is 4.16. The summed E-state index contributed by atoms with van der Waals surface area (Å²) in [5.41, 5.74) is 7.93. The lowest BCUT2D eigenvalue weighted by atomic mass is 10.1. The number of carbonyl (C=O) groups excluding carboxylic acids is 1. The number of benzene rings is 1. The van der Waals surface area contributed by atoms with Crippen molar-refractivity contribution in [3.8, 4) is 0 Å². The van der Waals surface area contributed by atoms with E-state index in [1.54, 1.807) is 0 Å². The number of nitrogens with one attached hydrogen (secondary N) is 2. The highest BCUT2D eigenvalue weighted by molar-refractivity contribution is 7.80. The number of hydrogen-bond acceptors (Lipinski definition) is 13. The van der Waals surface area contributed by atoms with Crippen molar-refractivity contribution in [3.05, 3.63) is 41.5 Å². The SMILES string of the molecule is Nc1ccc(N)n1OC(=O)CCOCCOCCOCCOCCOCCOCCOCCOCCNC(=S)Nc1cc(C(F)(F)F)cc(C(F)(F)F)c1. The molecule has 1 aromatic carbocycles. The molecule has 0 saturated heterocycles. The van der Waals surface area contributed by atoms with Crippen molar-refractivity contribution in [2.24, 2.45) is 0 Å². The van der Waals surface area contributed by atoms with Gasteiger partial charge in [0, 0.05) is 12.2 Å². The second-order valence-corrected chi connectivity index (χ2v) is 11.2.